The van der Waals surface area contributed by atoms with Gasteiger partial charge >= 0.3 is 0 Å². The van der Waals surface area contributed by atoms with Gasteiger partial charge in [0.05, 0.1) is 18.7 Å². The highest BCUT2D eigenvalue weighted by atomic mass is 79.9. The van der Waals surface area contributed by atoms with E-state index < -0.39 is 0 Å². The van der Waals surface area contributed by atoms with Crippen LogP contribution >= 0.6 is 15.9 Å². The minimum Gasteiger partial charge on any atom is -0.475 e. The number of rotatable bonds is 7. The van der Waals surface area contributed by atoms with Gasteiger partial charge in [-0.1, -0.05) is 57.9 Å². The molecule has 0 atom stereocenters. The van der Waals surface area contributed by atoms with Crippen molar-refractivity contribution >= 4 is 21.8 Å². The molecule has 5 nitrogen and oxygen atoms in total. The molecule has 0 saturated carbocycles. The van der Waals surface area contributed by atoms with Gasteiger partial charge in [-0.3, -0.25) is 4.79 Å². The molecule has 1 heterocycles. The van der Waals surface area contributed by atoms with E-state index in [0.29, 0.717) is 25.5 Å². The highest BCUT2D eigenvalue weighted by Gasteiger charge is 2.04. The monoisotopic (exact) mass is 425 g/mol. The molecule has 2 aromatic carbocycles. The second-order valence-electron chi connectivity index (χ2n) is 6.12. The van der Waals surface area contributed by atoms with Gasteiger partial charge in [-0.05, 0) is 30.7 Å². The molecule has 3 rings (SSSR count). The minimum atomic E-state index is -0.0401. The number of carbonyl (C=O) groups is 1. The quantitative estimate of drug-likeness (QED) is 0.581. The molecule has 0 saturated heterocycles. The summed E-state index contributed by atoms with van der Waals surface area (Å²) in [4.78, 5) is 11.9. The Morgan fingerprint density at radius 3 is 2.41 bits per heavy atom. The molecular formula is C21H20BrN3O2. The zero-order chi connectivity index (χ0) is 19.1. The summed E-state index contributed by atoms with van der Waals surface area (Å²) in [7, 11) is 0. The van der Waals surface area contributed by atoms with Gasteiger partial charge in [0.25, 0.3) is 0 Å². The van der Waals surface area contributed by atoms with Crippen molar-refractivity contribution in [3.05, 3.63) is 76.3 Å². The van der Waals surface area contributed by atoms with Gasteiger partial charge in [-0.25, -0.2) is 0 Å². The molecule has 0 aliphatic rings. The van der Waals surface area contributed by atoms with Gasteiger partial charge in [0, 0.05) is 16.1 Å². The van der Waals surface area contributed by atoms with Crippen molar-refractivity contribution in [1.82, 2.24) is 15.5 Å². The van der Waals surface area contributed by atoms with Crippen LogP contribution in [-0.4, -0.2) is 29.3 Å². The number of amides is 1. The SMILES string of the molecule is Cc1ccc(-c2ccc(OCCNC(=O)Cc3ccc(Br)cc3)nn2)cc1. The molecule has 27 heavy (non-hydrogen) atoms. The van der Waals surface area contributed by atoms with E-state index in [0.717, 1.165) is 21.3 Å². The Morgan fingerprint density at radius 1 is 1.00 bits per heavy atom. The molecule has 0 aliphatic carbocycles. The fourth-order valence-corrected chi connectivity index (χ4v) is 2.74. The lowest BCUT2D eigenvalue weighted by Gasteiger charge is -2.07. The van der Waals surface area contributed by atoms with E-state index in [1.54, 1.807) is 6.07 Å². The first kappa shape index (κ1) is 19.0. The number of aromatic nitrogens is 2. The van der Waals surface area contributed by atoms with Gasteiger partial charge in [0.1, 0.15) is 6.61 Å². The average Bonchev–Trinajstić information content (AvgIpc) is 2.68. The van der Waals surface area contributed by atoms with Crippen molar-refractivity contribution in [3.8, 4) is 17.1 Å². The standard InChI is InChI=1S/C21H20BrN3O2/c1-15-2-6-17(7-3-15)19-10-11-21(25-24-19)27-13-12-23-20(26)14-16-4-8-18(22)9-5-16/h2-11H,12-14H2,1H3,(H,23,26). The molecule has 0 spiro atoms. The molecule has 0 bridgehead atoms. The summed E-state index contributed by atoms with van der Waals surface area (Å²) >= 11 is 3.38. The van der Waals surface area contributed by atoms with E-state index in [-0.39, 0.29) is 5.91 Å². The predicted octanol–water partition coefficient (Wildman–Crippen LogP) is 3.95. The lowest BCUT2D eigenvalue weighted by atomic mass is 10.1. The lowest BCUT2D eigenvalue weighted by molar-refractivity contribution is -0.120. The van der Waals surface area contributed by atoms with E-state index in [1.807, 2.05) is 61.5 Å². The molecule has 1 N–H and O–H groups in total. The highest BCUT2D eigenvalue weighted by Crippen LogP contribution is 2.18. The second kappa shape index (κ2) is 9.28. The fraction of sp³-hybridized carbons (Fsp3) is 0.190. The second-order valence-corrected chi connectivity index (χ2v) is 7.04. The first-order valence-electron chi connectivity index (χ1n) is 8.65. The van der Waals surface area contributed by atoms with E-state index in [9.17, 15) is 4.79 Å². The Hall–Kier alpha value is -2.73. The average molecular weight is 426 g/mol. The normalized spacial score (nSPS) is 10.4. The summed E-state index contributed by atoms with van der Waals surface area (Å²) < 4.78 is 6.53. The Morgan fingerprint density at radius 2 is 1.74 bits per heavy atom. The summed E-state index contributed by atoms with van der Waals surface area (Å²) in [6.45, 7) is 2.80. The maximum Gasteiger partial charge on any atom is 0.233 e. The van der Waals surface area contributed by atoms with Crippen molar-refractivity contribution in [3.63, 3.8) is 0 Å². The molecule has 0 aliphatic heterocycles. The number of benzene rings is 2. The number of aryl methyl sites for hydroxylation is 1. The number of carbonyl (C=O) groups excluding carboxylic acids is 1. The number of ether oxygens (including phenoxy) is 1. The zero-order valence-corrected chi connectivity index (χ0v) is 16.6. The van der Waals surface area contributed by atoms with Crippen LogP contribution in [0.3, 0.4) is 0 Å². The third-order valence-electron chi connectivity index (χ3n) is 3.94. The first-order chi connectivity index (χ1) is 13.1. The van der Waals surface area contributed by atoms with Crippen LogP contribution in [0.1, 0.15) is 11.1 Å². The molecule has 1 aromatic heterocycles. The smallest absolute Gasteiger partial charge is 0.233 e. The van der Waals surface area contributed by atoms with Crippen LogP contribution in [0.15, 0.2) is 65.1 Å². The van der Waals surface area contributed by atoms with Gasteiger partial charge < -0.3 is 10.1 Å². The van der Waals surface area contributed by atoms with E-state index in [2.05, 4.69) is 31.4 Å². The van der Waals surface area contributed by atoms with Gasteiger partial charge in [-0.2, -0.15) is 0 Å². The Kier molecular flexibility index (Phi) is 6.54. The van der Waals surface area contributed by atoms with E-state index in [4.69, 9.17) is 4.74 Å². The maximum atomic E-state index is 11.9. The summed E-state index contributed by atoms with van der Waals surface area (Å²) in [5, 5.41) is 11.1. The summed E-state index contributed by atoms with van der Waals surface area (Å²) in [5.41, 5.74) is 3.98. The van der Waals surface area contributed by atoms with Gasteiger partial charge in [0.15, 0.2) is 0 Å². The third-order valence-corrected chi connectivity index (χ3v) is 4.47. The molecule has 0 radical (unpaired) electrons. The predicted molar refractivity (Wildman–Crippen MR) is 109 cm³/mol. The van der Waals surface area contributed by atoms with Crippen LogP contribution in [0.2, 0.25) is 0 Å². The topological polar surface area (TPSA) is 64.1 Å². The van der Waals surface area contributed by atoms with Crippen LogP contribution in [0, 0.1) is 6.92 Å². The molecule has 0 unspecified atom stereocenters. The fourth-order valence-electron chi connectivity index (χ4n) is 2.47. The van der Waals surface area contributed by atoms with Crippen LogP contribution in [0.25, 0.3) is 11.3 Å². The molecule has 138 valence electrons. The van der Waals surface area contributed by atoms with Gasteiger partial charge in [-0.15, -0.1) is 10.2 Å². The number of halogens is 1. The van der Waals surface area contributed by atoms with Gasteiger partial charge in [0.2, 0.25) is 11.8 Å². The number of nitrogens with zero attached hydrogens (tertiary/aromatic N) is 2. The van der Waals surface area contributed by atoms with Crippen molar-refractivity contribution in [2.45, 2.75) is 13.3 Å². The highest BCUT2D eigenvalue weighted by molar-refractivity contribution is 9.10. The third kappa shape index (κ3) is 5.89. The van der Waals surface area contributed by atoms with E-state index in [1.165, 1.54) is 5.56 Å². The number of hydrogen-bond acceptors (Lipinski definition) is 4. The Bertz CT molecular complexity index is 879. The van der Waals surface area contributed by atoms with Crippen LogP contribution in [-0.2, 0) is 11.2 Å². The zero-order valence-electron chi connectivity index (χ0n) is 15.0. The van der Waals surface area contributed by atoms with Crippen LogP contribution in [0.4, 0.5) is 0 Å². The molecule has 0 fully saturated rings. The Labute approximate surface area is 166 Å². The van der Waals surface area contributed by atoms with Crippen molar-refractivity contribution in [1.29, 1.82) is 0 Å². The molecule has 6 heteroatoms. The maximum absolute atomic E-state index is 11.9. The number of hydrogen-bond donors (Lipinski definition) is 1. The molecular weight excluding hydrogens is 406 g/mol. The Balaban J connectivity index is 1.41. The summed E-state index contributed by atoms with van der Waals surface area (Å²) in [6.07, 6.45) is 0.346. The van der Waals surface area contributed by atoms with Crippen molar-refractivity contribution < 1.29 is 9.53 Å². The number of nitrogens with one attached hydrogen (secondary N) is 1. The summed E-state index contributed by atoms with van der Waals surface area (Å²) in [5.74, 6) is 0.398. The first-order valence-corrected chi connectivity index (χ1v) is 9.44. The largest absolute Gasteiger partial charge is 0.475 e. The minimum absolute atomic E-state index is 0.0401. The van der Waals surface area contributed by atoms with Crippen LogP contribution < -0.4 is 10.1 Å². The van der Waals surface area contributed by atoms with E-state index >= 15 is 0 Å². The molecule has 3 aromatic rings. The lowest BCUT2D eigenvalue weighted by Crippen LogP contribution is -2.29. The van der Waals surface area contributed by atoms with Crippen LogP contribution in [0.5, 0.6) is 5.88 Å². The van der Waals surface area contributed by atoms with Crippen molar-refractivity contribution in [2.24, 2.45) is 0 Å². The molecule has 1 amide bonds. The summed E-state index contributed by atoms with van der Waals surface area (Å²) in [6, 6.07) is 19.5. The van der Waals surface area contributed by atoms with Crippen molar-refractivity contribution in [2.75, 3.05) is 13.2 Å².